The topological polar surface area (TPSA) is 120 Å². The van der Waals surface area contributed by atoms with Crippen molar-refractivity contribution in [2.75, 3.05) is 5.43 Å². The minimum absolute atomic E-state index is 0.0990. The molecule has 0 amide bonds. The van der Waals surface area contributed by atoms with Gasteiger partial charge in [0.1, 0.15) is 10.8 Å². The lowest BCUT2D eigenvalue weighted by Crippen LogP contribution is -2.09. The van der Waals surface area contributed by atoms with Crippen molar-refractivity contribution in [1.29, 1.82) is 0 Å². The Morgan fingerprint density at radius 2 is 2.21 bits per heavy atom. The lowest BCUT2D eigenvalue weighted by molar-refractivity contribution is -0.385. The molecular weight excluding hydrogens is 268 g/mol. The Balaban J connectivity index is 2.34. The number of nitrogens with one attached hydrogen (secondary N) is 1. The molecule has 2 aromatic heterocycles. The quantitative estimate of drug-likeness (QED) is 0.374. The molecule has 0 aromatic carbocycles. The second-order valence-corrected chi connectivity index (χ2v) is 4.52. The van der Waals surface area contributed by atoms with Crippen molar-refractivity contribution in [1.82, 2.24) is 15.0 Å². The fourth-order valence-corrected chi connectivity index (χ4v) is 2.11. The van der Waals surface area contributed by atoms with Gasteiger partial charge in [0, 0.05) is 18.0 Å². The summed E-state index contributed by atoms with van der Waals surface area (Å²) < 4.78 is 0. The number of nitrogens with zero attached hydrogens (tertiary/aromatic N) is 4. The zero-order valence-electron chi connectivity index (χ0n) is 9.90. The van der Waals surface area contributed by atoms with Gasteiger partial charge in [-0.2, -0.15) is 0 Å². The Kier molecular flexibility index (Phi) is 3.88. The SMILES string of the molecule is Cc1ccnc(Sc2cc([N+](=O)[O-])cc(NN)n2)n1. The molecule has 9 heteroatoms. The normalized spacial score (nSPS) is 10.2. The summed E-state index contributed by atoms with van der Waals surface area (Å²) in [7, 11) is 0. The molecule has 0 saturated carbocycles. The number of anilines is 1. The van der Waals surface area contributed by atoms with Crippen LogP contribution in [0.25, 0.3) is 0 Å². The van der Waals surface area contributed by atoms with Crippen LogP contribution in [0.1, 0.15) is 5.69 Å². The van der Waals surface area contributed by atoms with Crippen LogP contribution in [0.2, 0.25) is 0 Å². The van der Waals surface area contributed by atoms with E-state index in [4.69, 9.17) is 5.84 Å². The van der Waals surface area contributed by atoms with Crippen molar-refractivity contribution in [3.63, 3.8) is 0 Å². The van der Waals surface area contributed by atoms with Gasteiger partial charge in [0.05, 0.1) is 11.0 Å². The van der Waals surface area contributed by atoms with Crippen LogP contribution in [0.3, 0.4) is 0 Å². The molecule has 0 aliphatic heterocycles. The molecule has 0 unspecified atom stereocenters. The maximum Gasteiger partial charge on any atom is 0.275 e. The number of aryl methyl sites for hydroxylation is 1. The Morgan fingerprint density at radius 3 is 2.84 bits per heavy atom. The molecule has 0 fully saturated rings. The maximum absolute atomic E-state index is 10.8. The van der Waals surface area contributed by atoms with Gasteiger partial charge in [-0.3, -0.25) is 10.1 Å². The third kappa shape index (κ3) is 3.36. The number of hydrogen-bond acceptors (Lipinski definition) is 8. The molecule has 0 aliphatic carbocycles. The highest BCUT2D eigenvalue weighted by Crippen LogP contribution is 2.27. The van der Waals surface area contributed by atoms with Crippen LogP contribution in [-0.4, -0.2) is 19.9 Å². The van der Waals surface area contributed by atoms with E-state index in [0.29, 0.717) is 10.2 Å². The van der Waals surface area contributed by atoms with Gasteiger partial charge in [-0.25, -0.2) is 20.8 Å². The average molecular weight is 278 g/mol. The summed E-state index contributed by atoms with van der Waals surface area (Å²) >= 11 is 1.13. The zero-order valence-corrected chi connectivity index (χ0v) is 10.7. The largest absolute Gasteiger partial charge is 0.308 e. The molecule has 2 aromatic rings. The van der Waals surface area contributed by atoms with Crippen molar-refractivity contribution < 1.29 is 4.92 Å². The summed E-state index contributed by atoms with van der Waals surface area (Å²) in [5.41, 5.74) is 3.00. The van der Waals surface area contributed by atoms with Crippen molar-refractivity contribution in [3.8, 4) is 0 Å². The highest BCUT2D eigenvalue weighted by Gasteiger charge is 2.12. The number of aromatic nitrogens is 3. The second-order valence-electron chi connectivity index (χ2n) is 3.53. The molecule has 2 rings (SSSR count). The van der Waals surface area contributed by atoms with Crippen molar-refractivity contribution in [3.05, 3.63) is 40.2 Å². The predicted octanol–water partition coefficient (Wildman–Crippen LogP) is 1.53. The molecule has 0 saturated heterocycles. The van der Waals surface area contributed by atoms with Gasteiger partial charge in [0.25, 0.3) is 5.69 Å². The van der Waals surface area contributed by atoms with Gasteiger partial charge in [-0.1, -0.05) is 0 Å². The van der Waals surface area contributed by atoms with E-state index < -0.39 is 4.92 Å². The van der Waals surface area contributed by atoms with E-state index in [0.717, 1.165) is 17.5 Å². The van der Waals surface area contributed by atoms with Crippen LogP contribution in [0, 0.1) is 17.0 Å². The van der Waals surface area contributed by atoms with E-state index >= 15 is 0 Å². The molecule has 0 bridgehead atoms. The fourth-order valence-electron chi connectivity index (χ4n) is 1.29. The van der Waals surface area contributed by atoms with Crippen molar-refractivity contribution >= 4 is 23.3 Å². The third-order valence-corrected chi connectivity index (χ3v) is 2.91. The minimum atomic E-state index is -0.510. The van der Waals surface area contributed by atoms with E-state index in [1.54, 1.807) is 12.3 Å². The smallest absolute Gasteiger partial charge is 0.275 e. The number of nitrogen functional groups attached to an aromatic ring is 1. The van der Waals surface area contributed by atoms with Crippen LogP contribution >= 0.6 is 11.8 Å². The van der Waals surface area contributed by atoms with Gasteiger partial charge in [0.2, 0.25) is 0 Å². The van der Waals surface area contributed by atoms with E-state index in [9.17, 15) is 10.1 Å². The maximum atomic E-state index is 10.8. The van der Waals surface area contributed by atoms with E-state index in [2.05, 4.69) is 20.4 Å². The highest BCUT2D eigenvalue weighted by molar-refractivity contribution is 7.99. The van der Waals surface area contributed by atoms with Crippen LogP contribution in [0.5, 0.6) is 0 Å². The Labute approximate surface area is 112 Å². The van der Waals surface area contributed by atoms with Crippen LogP contribution in [0.4, 0.5) is 11.5 Å². The first kappa shape index (κ1) is 13.2. The Bertz CT molecular complexity index is 621. The lowest BCUT2D eigenvalue weighted by Gasteiger charge is -2.03. The number of nitro groups is 1. The number of hydrogen-bond donors (Lipinski definition) is 2. The van der Waals surface area contributed by atoms with E-state index in [1.165, 1.54) is 12.1 Å². The average Bonchev–Trinajstić information content (AvgIpc) is 2.38. The summed E-state index contributed by atoms with van der Waals surface area (Å²) in [5.74, 6) is 5.44. The molecule has 19 heavy (non-hydrogen) atoms. The number of nitrogens with two attached hydrogens (primary N) is 1. The number of hydrazine groups is 1. The third-order valence-electron chi connectivity index (χ3n) is 2.11. The van der Waals surface area contributed by atoms with Gasteiger partial charge < -0.3 is 5.43 Å². The zero-order chi connectivity index (χ0) is 13.8. The number of rotatable bonds is 4. The molecule has 98 valence electrons. The van der Waals surface area contributed by atoms with Gasteiger partial charge in [-0.15, -0.1) is 0 Å². The molecule has 0 atom stereocenters. The summed E-state index contributed by atoms with van der Waals surface area (Å²) in [5, 5.41) is 11.7. The molecule has 0 radical (unpaired) electrons. The van der Waals surface area contributed by atoms with E-state index in [-0.39, 0.29) is 11.5 Å². The van der Waals surface area contributed by atoms with Crippen LogP contribution in [0.15, 0.2) is 34.6 Å². The summed E-state index contributed by atoms with van der Waals surface area (Å²) in [6, 6.07) is 4.36. The predicted molar refractivity (Wildman–Crippen MR) is 69.6 cm³/mol. The van der Waals surface area contributed by atoms with Crippen LogP contribution < -0.4 is 11.3 Å². The van der Waals surface area contributed by atoms with Crippen molar-refractivity contribution in [2.45, 2.75) is 17.1 Å². The first-order chi connectivity index (χ1) is 9.08. The number of pyridine rings is 1. The second kappa shape index (κ2) is 5.59. The fraction of sp³-hybridized carbons (Fsp3) is 0.100. The van der Waals surface area contributed by atoms with Gasteiger partial charge in [0.15, 0.2) is 5.16 Å². The summed E-state index contributed by atoms with van der Waals surface area (Å²) in [6.07, 6.45) is 1.62. The monoisotopic (exact) mass is 278 g/mol. The van der Waals surface area contributed by atoms with Crippen molar-refractivity contribution in [2.24, 2.45) is 5.84 Å². The van der Waals surface area contributed by atoms with Gasteiger partial charge >= 0.3 is 0 Å². The first-order valence-electron chi connectivity index (χ1n) is 5.19. The first-order valence-corrected chi connectivity index (χ1v) is 6.01. The van der Waals surface area contributed by atoms with Crippen LogP contribution in [-0.2, 0) is 0 Å². The Morgan fingerprint density at radius 1 is 1.42 bits per heavy atom. The lowest BCUT2D eigenvalue weighted by atomic mass is 10.4. The Hall–Kier alpha value is -2.26. The molecule has 0 spiro atoms. The molecule has 3 N–H and O–H groups in total. The van der Waals surface area contributed by atoms with E-state index in [1.807, 2.05) is 6.92 Å². The molecule has 0 aliphatic rings. The standard InChI is InChI=1S/C10H10N6O2S/c1-6-2-3-12-10(13-6)19-9-5-7(16(17)18)4-8(14-9)15-11/h2-5H,11H2,1H3,(H,14,15). The molecule has 8 nitrogen and oxygen atoms in total. The van der Waals surface area contributed by atoms with Gasteiger partial charge in [-0.05, 0) is 24.8 Å². The summed E-state index contributed by atoms with van der Waals surface area (Å²) in [4.78, 5) is 22.6. The molecule has 2 heterocycles. The molecular formula is C10H10N6O2S. The highest BCUT2D eigenvalue weighted by atomic mass is 32.2. The minimum Gasteiger partial charge on any atom is -0.308 e. The summed E-state index contributed by atoms with van der Waals surface area (Å²) in [6.45, 7) is 1.83.